The zero-order valence-corrected chi connectivity index (χ0v) is 12.8. The van der Waals surface area contributed by atoms with Crippen LogP contribution < -0.4 is 5.32 Å². The zero-order valence-electron chi connectivity index (χ0n) is 12.8. The maximum absolute atomic E-state index is 10.9. The minimum Gasteiger partial charge on any atom is -0.370 e. The Balaban J connectivity index is 1.70. The second-order valence-corrected chi connectivity index (χ2v) is 5.09. The molecular formula is C17H15N5O2. The van der Waals surface area contributed by atoms with Crippen molar-refractivity contribution in [3.05, 3.63) is 76.9 Å². The Bertz CT molecular complexity index is 839. The maximum atomic E-state index is 10.9. The van der Waals surface area contributed by atoms with Gasteiger partial charge in [-0.3, -0.25) is 15.1 Å². The third-order valence-corrected chi connectivity index (χ3v) is 3.43. The predicted molar refractivity (Wildman–Crippen MR) is 90.6 cm³/mol. The fraction of sp³-hybridized carbons (Fsp3) is 0.118. The van der Waals surface area contributed by atoms with E-state index in [4.69, 9.17) is 0 Å². The number of rotatable bonds is 6. The summed E-state index contributed by atoms with van der Waals surface area (Å²) in [6.07, 6.45) is 3.98. The highest BCUT2D eigenvalue weighted by Crippen LogP contribution is 2.23. The summed E-state index contributed by atoms with van der Waals surface area (Å²) in [4.78, 5) is 23.1. The summed E-state index contributed by atoms with van der Waals surface area (Å²) in [5.41, 5.74) is 2.35. The van der Waals surface area contributed by atoms with E-state index in [2.05, 4.69) is 20.3 Å². The van der Waals surface area contributed by atoms with Crippen LogP contribution in [0.15, 0.2) is 61.1 Å². The lowest BCUT2D eigenvalue weighted by molar-refractivity contribution is -0.384. The largest absolute Gasteiger partial charge is 0.370 e. The van der Waals surface area contributed by atoms with Gasteiger partial charge in [0.2, 0.25) is 0 Å². The molecule has 0 unspecified atom stereocenters. The molecule has 0 aliphatic rings. The van der Waals surface area contributed by atoms with E-state index < -0.39 is 4.92 Å². The van der Waals surface area contributed by atoms with Gasteiger partial charge in [0, 0.05) is 48.6 Å². The molecule has 0 fully saturated rings. The molecule has 7 heteroatoms. The van der Waals surface area contributed by atoms with Gasteiger partial charge in [0.05, 0.1) is 10.6 Å². The second kappa shape index (κ2) is 7.28. The average molecular weight is 321 g/mol. The number of nitrogens with one attached hydrogen (secondary N) is 1. The molecule has 0 radical (unpaired) electrons. The summed E-state index contributed by atoms with van der Waals surface area (Å²) < 4.78 is 0. The van der Waals surface area contributed by atoms with Gasteiger partial charge in [0.15, 0.2) is 0 Å². The molecular weight excluding hydrogens is 306 g/mol. The minimum atomic E-state index is -0.420. The van der Waals surface area contributed by atoms with Gasteiger partial charge < -0.3 is 5.32 Å². The Morgan fingerprint density at radius 2 is 1.96 bits per heavy atom. The van der Waals surface area contributed by atoms with Gasteiger partial charge in [-0.05, 0) is 12.1 Å². The molecule has 3 aromatic rings. The van der Waals surface area contributed by atoms with Crippen LogP contribution in [0.1, 0.15) is 5.69 Å². The fourth-order valence-corrected chi connectivity index (χ4v) is 2.26. The van der Waals surface area contributed by atoms with E-state index in [-0.39, 0.29) is 5.69 Å². The SMILES string of the molecule is O=[N+]([O-])c1cccc(-c2cc(NCCc3ccccn3)ncn2)c1. The molecule has 0 saturated heterocycles. The lowest BCUT2D eigenvalue weighted by Crippen LogP contribution is -2.07. The fourth-order valence-electron chi connectivity index (χ4n) is 2.26. The standard InChI is InChI=1S/C17H15N5O2/c23-22(24)15-6-3-4-13(10-15)16-11-17(21-12-20-16)19-9-7-14-5-1-2-8-18-14/h1-6,8,10-12H,7,9H2,(H,19,20,21). The van der Waals surface area contributed by atoms with Gasteiger partial charge in [-0.25, -0.2) is 9.97 Å². The number of hydrogen-bond donors (Lipinski definition) is 1. The van der Waals surface area contributed by atoms with E-state index in [1.807, 2.05) is 18.2 Å². The molecule has 0 saturated carbocycles. The molecule has 3 rings (SSSR count). The second-order valence-electron chi connectivity index (χ2n) is 5.09. The van der Waals surface area contributed by atoms with Crippen LogP contribution in [0.5, 0.6) is 0 Å². The third-order valence-electron chi connectivity index (χ3n) is 3.43. The van der Waals surface area contributed by atoms with E-state index in [1.165, 1.54) is 18.5 Å². The Hall–Kier alpha value is -3.35. The molecule has 0 atom stereocenters. The van der Waals surface area contributed by atoms with Crippen LogP contribution in [-0.2, 0) is 6.42 Å². The minimum absolute atomic E-state index is 0.0378. The number of nitro benzene ring substituents is 1. The summed E-state index contributed by atoms with van der Waals surface area (Å²) >= 11 is 0. The topological polar surface area (TPSA) is 93.8 Å². The van der Waals surface area contributed by atoms with Crippen molar-refractivity contribution in [2.24, 2.45) is 0 Å². The van der Waals surface area contributed by atoms with Gasteiger partial charge in [-0.2, -0.15) is 0 Å². The molecule has 24 heavy (non-hydrogen) atoms. The van der Waals surface area contributed by atoms with Crippen LogP contribution in [0.2, 0.25) is 0 Å². The number of pyridine rings is 1. The van der Waals surface area contributed by atoms with Crippen LogP contribution >= 0.6 is 0 Å². The van der Waals surface area contributed by atoms with Gasteiger partial charge >= 0.3 is 0 Å². The van der Waals surface area contributed by atoms with Gasteiger partial charge in [0.25, 0.3) is 5.69 Å². The summed E-state index contributed by atoms with van der Waals surface area (Å²) in [6.45, 7) is 0.683. The van der Waals surface area contributed by atoms with Crippen LogP contribution in [0.25, 0.3) is 11.3 Å². The first-order valence-corrected chi connectivity index (χ1v) is 7.43. The Kier molecular flexibility index (Phi) is 4.71. The lowest BCUT2D eigenvalue weighted by Gasteiger charge is -2.07. The van der Waals surface area contributed by atoms with E-state index in [0.29, 0.717) is 23.6 Å². The van der Waals surface area contributed by atoms with E-state index in [9.17, 15) is 10.1 Å². The number of nitrogens with zero attached hydrogens (tertiary/aromatic N) is 4. The molecule has 2 aromatic heterocycles. The predicted octanol–water partition coefficient (Wildman–Crippen LogP) is 3.10. The number of nitro groups is 1. The van der Waals surface area contributed by atoms with Crippen molar-refractivity contribution in [3.63, 3.8) is 0 Å². The Morgan fingerprint density at radius 3 is 2.75 bits per heavy atom. The summed E-state index contributed by atoms with van der Waals surface area (Å²) in [5, 5.41) is 14.1. The van der Waals surface area contributed by atoms with Crippen molar-refractivity contribution in [2.75, 3.05) is 11.9 Å². The van der Waals surface area contributed by atoms with Gasteiger partial charge in [-0.1, -0.05) is 18.2 Å². The molecule has 1 aromatic carbocycles. The third kappa shape index (κ3) is 3.89. The van der Waals surface area contributed by atoms with E-state index >= 15 is 0 Å². The smallest absolute Gasteiger partial charge is 0.270 e. The summed E-state index contributed by atoms with van der Waals surface area (Å²) in [7, 11) is 0. The molecule has 2 heterocycles. The van der Waals surface area contributed by atoms with E-state index in [1.54, 1.807) is 24.4 Å². The van der Waals surface area contributed by atoms with Crippen molar-refractivity contribution >= 4 is 11.5 Å². The van der Waals surface area contributed by atoms with Crippen molar-refractivity contribution in [1.82, 2.24) is 15.0 Å². The number of anilines is 1. The first kappa shape index (κ1) is 15.5. The van der Waals surface area contributed by atoms with Crippen molar-refractivity contribution in [3.8, 4) is 11.3 Å². The van der Waals surface area contributed by atoms with Gasteiger partial charge in [-0.15, -0.1) is 0 Å². The van der Waals surface area contributed by atoms with Crippen LogP contribution in [0, 0.1) is 10.1 Å². The van der Waals surface area contributed by atoms with Crippen LogP contribution in [0.4, 0.5) is 11.5 Å². The number of aromatic nitrogens is 3. The van der Waals surface area contributed by atoms with Crippen molar-refractivity contribution in [1.29, 1.82) is 0 Å². The quantitative estimate of drug-likeness (QED) is 0.554. The molecule has 0 aliphatic carbocycles. The monoisotopic (exact) mass is 321 g/mol. The molecule has 120 valence electrons. The first-order valence-electron chi connectivity index (χ1n) is 7.43. The van der Waals surface area contributed by atoms with Crippen LogP contribution in [0.3, 0.4) is 0 Å². The number of hydrogen-bond acceptors (Lipinski definition) is 6. The lowest BCUT2D eigenvalue weighted by atomic mass is 10.1. The summed E-state index contributed by atoms with van der Waals surface area (Å²) in [6, 6.07) is 14.0. The number of non-ortho nitro benzene ring substituents is 1. The molecule has 7 nitrogen and oxygen atoms in total. The van der Waals surface area contributed by atoms with Crippen molar-refractivity contribution in [2.45, 2.75) is 6.42 Å². The average Bonchev–Trinajstić information content (AvgIpc) is 2.63. The van der Waals surface area contributed by atoms with Crippen molar-refractivity contribution < 1.29 is 4.92 Å². The first-order chi connectivity index (χ1) is 11.7. The Labute approximate surface area is 138 Å². The molecule has 0 spiro atoms. The van der Waals surface area contributed by atoms with E-state index in [0.717, 1.165) is 12.1 Å². The number of benzene rings is 1. The zero-order chi connectivity index (χ0) is 16.8. The Morgan fingerprint density at radius 1 is 1.04 bits per heavy atom. The highest BCUT2D eigenvalue weighted by molar-refractivity contribution is 5.64. The highest BCUT2D eigenvalue weighted by Gasteiger charge is 2.08. The normalized spacial score (nSPS) is 10.3. The highest BCUT2D eigenvalue weighted by atomic mass is 16.6. The summed E-state index contributed by atoms with van der Waals surface area (Å²) in [5.74, 6) is 0.669. The van der Waals surface area contributed by atoms with Crippen LogP contribution in [-0.4, -0.2) is 26.4 Å². The molecule has 0 aliphatic heterocycles. The molecule has 0 amide bonds. The maximum Gasteiger partial charge on any atom is 0.270 e. The van der Waals surface area contributed by atoms with Gasteiger partial charge in [0.1, 0.15) is 12.1 Å². The molecule has 0 bridgehead atoms. The molecule has 1 N–H and O–H groups in total.